The van der Waals surface area contributed by atoms with E-state index in [2.05, 4.69) is 4.98 Å². The minimum atomic E-state index is -0.397. The van der Waals surface area contributed by atoms with Gasteiger partial charge in [0.25, 0.3) is 0 Å². The number of nitrogens with one attached hydrogen (secondary N) is 1. The molecule has 0 saturated carbocycles. The molecule has 1 heterocycles. The standard InChI is InChI=1S/C14H10ClFN2S/c1-8-4-2-7-11-12(8)17-14(19)18(11)13-9(15)5-3-6-10(13)16/h2-7H,1H3,(H,17,19). The second kappa shape index (κ2) is 4.47. The number of benzene rings is 2. The third kappa shape index (κ3) is 1.88. The monoisotopic (exact) mass is 292 g/mol. The number of aromatic amines is 1. The van der Waals surface area contributed by atoms with Gasteiger partial charge in [-0.2, -0.15) is 0 Å². The summed E-state index contributed by atoms with van der Waals surface area (Å²) in [6.45, 7) is 1.97. The van der Waals surface area contributed by atoms with Crippen LogP contribution in [-0.2, 0) is 0 Å². The third-order valence-corrected chi connectivity index (χ3v) is 3.68. The summed E-state index contributed by atoms with van der Waals surface area (Å²) in [5, 5.41) is 0.332. The van der Waals surface area contributed by atoms with Crippen LogP contribution in [0.15, 0.2) is 36.4 Å². The Kier molecular flexibility index (Phi) is 2.92. The maximum atomic E-state index is 14.1. The van der Waals surface area contributed by atoms with E-state index in [1.807, 2.05) is 25.1 Å². The van der Waals surface area contributed by atoms with E-state index in [1.54, 1.807) is 16.7 Å². The number of nitrogens with zero attached hydrogens (tertiary/aromatic N) is 1. The molecule has 1 N–H and O–H groups in total. The van der Waals surface area contributed by atoms with Gasteiger partial charge in [-0.3, -0.25) is 4.57 Å². The van der Waals surface area contributed by atoms with Gasteiger partial charge in [0.15, 0.2) is 4.77 Å². The molecule has 3 aromatic rings. The van der Waals surface area contributed by atoms with Crippen molar-refractivity contribution in [2.75, 3.05) is 0 Å². The van der Waals surface area contributed by atoms with E-state index in [4.69, 9.17) is 23.8 Å². The Morgan fingerprint density at radius 2 is 1.95 bits per heavy atom. The molecule has 96 valence electrons. The Morgan fingerprint density at radius 1 is 1.21 bits per heavy atom. The number of aryl methyl sites for hydroxylation is 1. The van der Waals surface area contributed by atoms with Crippen molar-refractivity contribution < 1.29 is 4.39 Å². The lowest BCUT2D eigenvalue weighted by molar-refractivity contribution is 0.619. The van der Waals surface area contributed by atoms with Gasteiger partial charge in [0.05, 0.1) is 16.1 Å². The first kappa shape index (κ1) is 12.4. The number of rotatable bonds is 1. The molecular formula is C14H10ClFN2S. The molecule has 0 fully saturated rings. The fourth-order valence-electron chi connectivity index (χ4n) is 2.20. The molecular weight excluding hydrogens is 283 g/mol. The van der Waals surface area contributed by atoms with E-state index in [9.17, 15) is 4.39 Å². The Hall–Kier alpha value is -1.65. The Bertz CT molecular complexity index is 815. The lowest BCUT2D eigenvalue weighted by atomic mass is 10.2. The lowest BCUT2D eigenvalue weighted by Gasteiger charge is -2.08. The molecule has 0 aliphatic heterocycles. The van der Waals surface area contributed by atoms with Crippen molar-refractivity contribution in [3.05, 3.63) is 57.6 Å². The first-order chi connectivity index (χ1) is 9.09. The van der Waals surface area contributed by atoms with Gasteiger partial charge in [0, 0.05) is 0 Å². The van der Waals surface area contributed by atoms with Crippen molar-refractivity contribution >= 4 is 34.9 Å². The number of hydrogen-bond donors (Lipinski definition) is 1. The molecule has 0 amide bonds. The van der Waals surface area contributed by atoms with Crippen LogP contribution in [0.25, 0.3) is 16.7 Å². The molecule has 2 nitrogen and oxygen atoms in total. The summed E-state index contributed by atoms with van der Waals surface area (Å²) in [5.41, 5.74) is 3.05. The molecule has 5 heteroatoms. The second-order valence-corrected chi connectivity index (χ2v) is 5.10. The van der Waals surface area contributed by atoms with Gasteiger partial charge in [-0.25, -0.2) is 4.39 Å². The van der Waals surface area contributed by atoms with Crippen LogP contribution >= 0.6 is 23.8 Å². The van der Waals surface area contributed by atoms with Crippen LogP contribution in [0.4, 0.5) is 4.39 Å². The summed E-state index contributed by atoms with van der Waals surface area (Å²) in [6.07, 6.45) is 0. The summed E-state index contributed by atoms with van der Waals surface area (Å²) in [7, 11) is 0. The molecule has 0 unspecified atom stereocenters. The molecule has 0 spiro atoms. The highest BCUT2D eigenvalue weighted by molar-refractivity contribution is 7.71. The van der Waals surface area contributed by atoms with Crippen molar-refractivity contribution in [3.8, 4) is 5.69 Å². The van der Waals surface area contributed by atoms with Gasteiger partial charge in [-0.1, -0.05) is 29.8 Å². The predicted molar refractivity (Wildman–Crippen MR) is 78.2 cm³/mol. The summed E-state index contributed by atoms with van der Waals surface area (Å²) in [4.78, 5) is 3.10. The zero-order valence-electron chi connectivity index (χ0n) is 10.1. The van der Waals surface area contributed by atoms with Gasteiger partial charge in [-0.05, 0) is 42.9 Å². The summed E-state index contributed by atoms with van der Waals surface area (Å²) in [5.74, 6) is -0.397. The smallest absolute Gasteiger partial charge is 0.182 e. The molecule has 0 radical (unpaired) electrons. The van der Waals surface area contributed by atoms with Crippen molar-refractivity contribution in [2.24, 2.45) is 0 Å². The van der Waals surface area contributed by atoms with Gasteiger partial charge in [0.1, 0.15) is 11.5 Å². The maximum absolute atomic E-state index is 14.1. The third-order valence-electron chi connectivity index (χ3n) is 3.09. The number of H-pyrrole nitrogens is 1. The quantitative estimate of drug-likeness (QED) is 0.640. The van der Waals surface area contributed by atoms with E-state index >= 15 is 0 Å². The van der Waals surface area contributed by atoms with E-state index in [0.29, 0.717) is 9.79 Å². The van der Waals surface area contributed by atoms with E-state index < -0.39 is 5.82 Å². The summed E-state index contributed by atoms with van der Waals surface area (Å²) in [6, 6.07) is 10.4. The number of imidazole rings is 1. The Morgan fingerprint density at radius 3 is 2.68 bits per heavy atom. The maximum Gasteiger partial charge on any atom is 0.182 e. The number of para-hydroxylation sites is 2. The molecule has 3 rings (SSSR count). The Balaban J connectivity index is 2.47. The van der Waals surface area contributed by atoms with Crippen LogP contribution in [-0.4, -0.2) is 9.55 Å². The largest absolute Gasteiger partial charge is 0.330 e. The van der Waals surface area contributed by atoms with E-state index in [1.165, 1.54) is 6.07 Å². The fraction of sp³-hybridized carbons (Fsp3) is 0.0714. The average molecular weight is 293 g/mol. The number of fused-ring (bicyclic) bond motifs is 1. The molecule has 2 aromatic carbocycles. The van der Waals surface area contributed by atoms with Gasteiger partial charge >= 0.3 is 0 Å². The second-order valence-electron chi connectivity index (χ2n) is 4.30. The van der Waals surface area contributed by atoms with Crippen LogP contribution < -0.4 is 0 Å². The lowest BCUT2D eigenvalue weighted by Crippen LogP contribution is -1.98. The molecule has 0 aliphatic rings. The average Bonchev–Trinajstić information content (AvgIpc) is 2.68. The highest BCUT2D eigenvalue weighted by Gasteiger charge is 2.14. The van der Waals surface area contributed by atoms with Crippen molar-refractivity contribution in [2.45, 2.75) is 6.92 Å². The normalized spacial score (nSPS) is 11.1. The minimum absolute atomic E-state index is 0.283. The van der Waals surface area contributed by atoms with Crippen molar-refractivity contribution in [3.63, 3.8) is 0 Å². The number of halogens is 2. The molecule has 19 heavy (non-hydrogen) atoms. The number of aromatic nitrogens is 2. The van der Waals surface area contributed by atoms with Gasteiger partial charge in [0.2, 0.25) is 0 Å². The first-order valence-corrected chi connectivity index (χ1v) is 6.53. The zero-order chi connectivity index (χ0) is 13.6. The van der Waals surface area contributed by atoms with Crippen LogP contribution in [0.1, 0.15) is 5.56 Å². The highest BCUT2D eigenvalue weighted by atomic mass is 35.5. The SMILES string of the molecule is Cc1cccc2c1[nH]c(=S)n2-c1c(F)cccc1Cl. The molecule has 1 aromatic heterocycles. The molecule has 0 saturated heterocycles. The highest BCUT2D eigenvalue weighted by Crippen LogP contribution is 2.28. The van der Waals surface area contributed by atoms with E-state index in [-0.39, 0.29) is 5.69 Å². The topological polar surface area (TPSA) is 20.7 Å². The number of hydrogen-bond acceptors (Lipinski definition) is 1. The first-order valence-electron chi connectivity index (χ1n) is 5.74. The van der Waals surface area contributed by atoms with Gasteiger partial charge in [-0.15, -0.1) is 0 Å². The zero-order valence-corrected chi connectivity index (χ0v) is 11.6. The van der Waals surface area contributed by atoms with Crippen LogP contribution in [0.2, 0.25) is 5.02 Å². The van der Waals surface area contributed by atoms with Gasteiger partial charge < -0.3 is 4.98 Å². The van der Waals surface area contributed by atoms with Crippen LogP contribution in [0.5, 0.6) is 0 Å². The molecule has 0 aliphatic carbocycles. The van der Waals surface area contributed by atoms with Crippen LogP contribution in [0.3, 0.4) is 0 Å². The fourth-order valence-corrected chi connectivity index (χ4v) is 2.74. The predicted octanol–water partition coefficient (Wildman–Crippen LogP) is 4.79. The van der Waals surface area contributed by atoms with Crippen LogP contribution in [0, 0.1) is 17.5 Å². The summed E-state index contributed by atoms with van der Waals surface area (Å²) < 4.78 is 16.1. The molecule has 0 atom stereocenters. The Labute approximate surface area is 119 Å². The van der Waals surface area contributed by atoms with Crippen molar-refractivity contribution in [1.29, 1.82) is 0 Å². The minimum Gasteiger partial charge on any atom is -0.330 e. The molecule has 0 bridgehead atoms. The van der Waals surface area contributed by atoms with E-state index in [0.717, 1.165) is 16.6 Å². The van der Waals surface area contributed by atoms with Crippen molar-refractivity contribution in [1.82, 2.24) is 9.55 Å². The summed E-state index contributed by atoms with van der Waals surface area (Å²) >= 11 is 11.4.